The number of amides is 2. The number of rotatable bonds is 5. The summed E-state index contributed by atoms with van der Waals surface area (Å²) in [4.78, 5) is 25.8. The lowest BCUT2D eigenvalue weighted by Crippen LogP contribution is -2.43. The van der Waals surface area contributed by atoms with Crippen LogP contribution in [-0.4, -0.2) is 17.9 Å². The minimum absolute atomic E-state index is 0.0369. The molecule has 0 saturated heterocycles. The van der Waals surface area contributed by atoms with Gasteiger partial charge in [0, 0.05) is 43.5 Å². The first-order valence-corrected chi connectivity index (χ1v) is 11.2. The molecule has 3 aromatic rings. The van der Waals surface area contributed by atoms with Crippen molar-refractivity contribution in [2.24, 2.45) is 5.73 Å². The van der Waals surface area contributed by atoms with Crippen molar-refractivity contribution in [3.63, 3.8) is 0 Å². The Bertz CT molecular complexity index is 1170. The molecule has 0 spiro atoms. The Morgan fingerprint density at radius 2 is 1.70 bits per heavy atom. The highest BCUT2D eigenvalue weighted by Crippen LogP contribution is 2.41. The van der Waals surface area contributed by atoms with Gasteiger partial charge in [0.25, 0.3) is 0 Å². The molecule has 0 fully saturated rings. The van der Waals surface area contributed by atoms with Crippen molar-refractivity contribution < 1.29 is 9.59 Å². The van der Waals surface area contributed by atoms with Crippen LogP contribution in [0.1, 0.15) is 44.4 Å². The van der Waals surface area contributed by atoms with Gasteiger partial charge in [-0.15, -0.1) is 0 Å². The van der Waals surface area contributed by atoms with Gasteiger partial charge in [-0.2, -0.15) is 0 Å². The van der Waals surface area contributed by atoms with Crippen LogP contribution in [0.15, 0.2) is 66.7 Å². The van der Waals surface area contributed by atoms with Crippen LogP contribution in [0, 0.1) is 0 Å². The van der Waals surface area contributed by atoms with Crippen molar-refractivity contribution in [3.05, 3.63) is 77.9 Å². The molecule has 2 unspecified atom stereocenters. The van der Waals surface area contributed by atoms with E-state index in [2.05, 4.69) is 23.6 Å². The largest absolute Gasteiger partial charge is 0.378 e. The molecular formula is C27H30N4O2. The molecule has 3 aromatic carbocycles. The molecule has 33 heavy (non-hydrogen) atoms. The van der Waals surface area contributed by atoms with Crippen molar-refractivity contribution in [1.29, 1.82) is 0 Å². The molecule has 1 aliphatic heterocycles. The van der Waals surface area contributed by atoms with Crippen LogP contribution in [-0.2, 0) is 16.1 Å². The van der Waals surface area contributed by atoms with Crippen LogP contribution < -0.4 is 21.3 Å². The zero-order chi connectivity index (χ0) is 23.5. The number of carbonyl (C=O) groups is 2. The minimum Gasteiger partial charge on any atom is -0.378 e. The van der Waals surface area contributed by atoms with Crippen molar-refractivity contribution in [2.75, 3.05) is 15.5 Å². The Morgan fingerprint density at radius 3 is 2.36 bits per heavy atom. The second kappa shape index (κ2) is 9.46. The molecule has 6 heteroatoms. The fraction of sp³-hybridized carbons (Fsp3) is 0.259. The molecule has 1 heterocycles. The highest BCUT2D eigenvalue weighted by molar-refractivity contribution is 5.94. The van der Waals surface area contributed by atoms with E-state index in [1.807, 2.05) is 65.6 Å². The summed E-state index contributed by atoms with van der Waals surface area (Å²) in [6.07, 6.45) is 0.792. The van der Waals surface area contributed by atoms with Gasteiger partial charge in [0.2, 0.25) is 11.8 Å². The van der Waals surface area contributed by atoms with Crippen LogP contribution in [0.3, 0.4) is 0 Å². The van der Waals surface area contributed by atoms with Gasteiger partial charge < -0.3 is 21.3 Å². The Kier molecular flexibility index (Phi) is 6.47. The van der Waals surface area contributed by atoms with Gasteiger partial charge in [-0.1, -0.05) is 30.3 Å². The smallest absolute Gasteiger partial charge is 0.224 e. The van der Waals surface area contributed by atoms with Gasteiger partial charge in [-0.05, 0) is 72.0 Å². The molecule has 2 amide bonds. The maximum Gasteiger partial charge on any atom is 0.224 e. The number of benzene rings is 3. The average molecular weight is 443 g/mol. The van der Waals surface area contributed by atoms with Crippen LogP contribution in [0.5, 0.6) is 0 Å². The van der Waals surface area contributed by atoms with E-state index in [4.69, 9.17) is 5.73 Å². The van der Waals surface area contributed by atoms with Gasteiger partial charge in [0.1, 0.15) is 0 Å². The molecule has 2 atom stereocenters. The summed E-state index contributed by atoms with van der Waals surface area (Å²) in [5, 5.41) is 6.50. The number of hydrogen-bond acceptors (Lipinski definition) is 4. The van der Waals surface area contributed by atoms with Crippen LogP contribution in [0.4, 0.5) is 17.1 Å². The third kappa shape index (κ3) is 4.91. The second-order valence-corrected chi connectivity index (χ2v) is 8.61. The number of fused-ring (bicyclic) bond motifs is 1. The van der Waals surface area contributed by atoms with E-state index in [1.165, 1.54) is 6.92 Å². The van der Waals surface area contributed by atoms with Crippen LogP contribution >= 0.6 is 0 Å². The van der Waals surface area contributed by atoms with Gasteiger partial charge in [-0.3, -0.25) is 9.59 Å². The van der Waals surface area contributed by atoms with E-state index in [-0.39, 0.29) is 23.9 Å². The summed E-state index contributed by atoms with van der Waals surface area (Å²) in [5.41, 5.74) is 12.6. The molecule has 1 aliphatic rings. The molecule has 0 radical (unpaired) electrons. The van der Waals surface area contributed by atoms with Crippen molar-refractivity contribution in [1.82, 2.24) is 0 Å². The van der Waals surface area contributed by atoms with Crippen molar-refractivity contribution in [3.8, 4) is 11.1 Å². The average Bonchev–Trinajstić information content (AvgIpc) is 2.79. The summed E-state index contributed by atoms with van der Waals surface area (Å²) in [5.74, 6) is -0.0662. The summed E-state index contributed by atoms with van der Waals surface area (Å²) < 4.78 is 0. The first-order valence-electron chi connectivity index (χ1n) is 11.2. The Hall–Kier alpha value is -3.64. The number of hydrogen-bond donors (Lipinski definition) is 3. The Balaban J connectivity index is 1.73. The second-order valence-electron chi connectivity index (χ2n) is 8.61. The standard InChI is InChI=1S/C27H30N4O2/c1-17-13-26(30-23-10-7-20(16-28)8-11-23)25-15-22(9-12-27(25)31(17)19(3)33)21-5-4-6-24(14-21)29-18(2)32/h4-12,14-15,17,26,30H,13,16,28H2,1-3H3,(H,29,32). The van der Waals surface area contributed by atoms with E-state index < -0.39 is 0 Å². The molecule has 0 aliphatic carbocycles. The summed E-state index contributed by atoms with van der Waals surface area (Å²) in [7, 11) is 0. The molecule has 6 nitrogen and oxygen atoms in total. The monoisotopic (exact) mass is 442 g/mol. The lowest BCUT2D eigenvalue weighted by atomic mass is 9.88. The quantitative estimate of drug-likeness (QED) is 0.515. The first kappa shape index (κ1) is 22.6. The van der Waals surface area contributed by atoms with E-state index in [9.17, 15) is 9.59 Å². The number of anilines is 3. The topological polar surface area (TPSA) is 87.5 Å². The third-order valence-corrected chi connectivity index (χ3v) is 6.07. The Morgan fingerprint density at radius 1 is 0.970 bits per heavy atom. The van der Waals surface area contributed by atoms with Crippen LogP contribution in [0.25, 0.3) is 11.1 Å². The zero-order valence-corrected chi connectivity index (χ0v) is 19.3. The normalized spacial score (nSPS) is 17.3. The van der Waals surface area contributed by atoms with E-state index in [0.717, 1.165) is 45.7 Å². The molecule has 170 valence electrons. The van der Waals surface area contributed by atoms with E-state index in [1.54, 1.807) is 6.92 Å². The highest BCUT2D eigenvalue weighted by Gasteiger charge is 2.32. The molecule has 0 saturated carbocycles. The first-order chi connectivity index (χ1) is 15.9. The molecule has 0 bridgehead atoms. The summed E-state index contributed by atoms with van der Waals surface area (Å²) in [6, 6.07) is 22.3. The van der Waals surface area contributed by atoms with Crippen molar-refractivity contribution >= 4 is 28.9 Å². The van der Waals surface area contributed by atoms with Gasteiger partial charge in [0.15, 0.2) is 0 Å². The fourth-order valence-electron chi connectivity index (χ4n) is 4.58. The number of carbonyl (C=O) groups excluding carboxylic acids is 2. The maximum atomic E-state index is 12.5. The molecule has 0 aromatic heterocycles. The Labute approximate surface area is 194 Å². The maximum absolute atomic E-state index is 12.5. The lowest BCUT2D eigenvalue weighted by molar-refractivity contribution is -0.117. The third-order valence-electron chi connectivity index (χ3n) is 6.07. The van der Waals surface area contributed by atoms with E-state index >= 15 is 0 Å². The minimum atomic E-state index is -0.103. The lowest BCUT2D eigenvalue weighted by Gasteiger charge is -2.39. The SMILES string of the molecule is CC(=O)Nc1cccc(-c2ccc3c(c2)C(Nc2ccc(CN)cc2)CC(C)N3C(C)=O)c1. The summed E-state index contributed by atoms with van der Waals surface area (Å²) >= 11 is 0. The zero-order valence-electron chi connectivity index (χ0n) is 19.3. The predicted octanol–water partition coefficient (Wildman–Crippen LogP) is 5.07. The highest BCUT2D eigenvalue weighted by atomic mass is 16.2. The summed E-state index contributed by atoms with van der Waals surface area (Å²) in [6.45, 7) is 5.71. The van der Waals surface area contributed by atoms with Gasteiger partial charge in [0.05, 0.1) is 6.04 Å². The number of nitrogens with zero attached hydrogens (tertiary/aromatic N) is 1. The predicted molar refractivity (Wildman–Crippen MR) is 134 cm³/mol. The van der Waals surface area contributed by atoms with Crippen molar-refractivity contribution in [2.45, 2.75) is 45.8 Å². The van der Waals surface area contributed by atoms with E-state index in [0.29, 0.717) is 6.54 Å². The molecular weight excluding hydrogens is 412 g/mol. The van der Waals surface area contributed by atoms with Gasteiger partial charge in [-0.25, -0.2) is 0 Å². The number of nitrogens with two attached hydrogens (primary N) is 1. The van der Waals surface area contributed by atoms with Gasteiger partial charge >= 0.3 is 0 Å². The fourth-order valence-corrected chi connectivity index (χ4v) is 4.58. The number of nitrogens with one attached hydrogen (secondary N) is 2. The molecule has 4 rings (SSSR count). The van der Waals surface area contributed by atoms with Crippen LogP contribution in [0.2, 0.25) is 0 Å². The molecule has 4 N–H and O–H groups in total.